The fourth-order valence-electron chi connectivity index (χ4n) is 6.89. The molecule has 0 saturated heterocycles. The van der Waals surface area contributed by atoms with Gasteiger partial charge in [0.15, 0.2) is 6.61 Å². The lowest BCUT2D eigenvalue weighted by molar-refractivity contribution is -0.129. The maximum atomic E-state index is 13.7. The zero-order chi connectivity index (χ0) is 43.4. The molecule has 2 aromatic heterocycles. The molecule has 1 aliphatic rings. The van der Waals surface area contributed by atoms with Crippen molar-refractivity contribution < 1.29 is 47.5 Å². The minimum atomic E-state index is -0.410. The molecule has 2 aromatic carbocycles. The highest BCUT2D eigenvalue weighted by Gasteiger charge is 2.29. The molecule has 1 amide bonds. The van der Waals surface area contributed by atoms with E-state index in [1.807, 2.05) is 42.5 Å². The lowest BCUT2D eigenvalue weighted by Crippen LogP contribution is -2.26. The lowest BCUT2D eigenvalue weighted by Gasteiger charge is -2.17. The third kappa shape index (κ3) is 13.4. The van der Waals surface area contributed by atoms with Gasteiger partial charge in [-0.1, -0.05) is 27.7 Å². The topological polar surface area (TPSA) is 167 Å². The lowest BCUT2D eigenvalue weighted by atomic mass is 9.93. The second-order valence-electron chi connectivity index (χ2n) is 14.5. The molecule has 0 saturated carbocycles. The fraction of sp³-hybridized carbons (Fsp3) is 0.500. The van der Waals surface area contributed by atoms with Gasteiger partial charge in [-0.2, -0.15) is 5.10 Å². The highest BCUT2D eigenvalue weighted by Crippen LogP contribution is 2.38. The van der Waals surface area contributed by atoms with Gasteiger partial charge in [-0.25, -0.2) is 10.4 Å². The summed E-state index contributed by atoms with van der Waals surface area (Å²) in [6.07, 6.45) is 2.53. The van der Waals surface area contributed by atoms with Gasteiger partial charge in [0.05, 0.1) is 94.2 Å². The molecule has 15 nitrogen and oxygen atoms in total. The number of benzene rings is 2. The van der Waals surface area contributed by atoms with E-state index >= 15 is 0 Å². The summed E-state index contributed by atoms with van der Waals surface area (Å²) in [5.41, 5.74) is 9.54. The van der Waals surface area contributed by atoms with Crippen LogP contribution in [0.1, 0.15) is 81.2 Å². The molecule has 4 aromatic rings. The highest BCUT2D eigenvalue weighted by atomic mass is 16.6. The number of fused-ring (bicyclic) bond motifs is 4. The van der Waals surface area contributed by atoms with Crippen molar-refractivity contribution in [3.05, 3.63) is 86.7 Å². The van der Waals surface area contributed by atoms with Crippen molar-refractivity contribution in [2.45, 2.75) is 73.0 Å². The fourth-order valence-corrected chi connectivity index (χ4v) is 6.89. The Morgan fingerprint density at radius 1 is 0.820 bits per heavy atom. The van der Waals surface area contributed by atoms with E-state index < -0.39 is 5.91 Å². The average Bonchev–Trinajstić information content (AvgIpc) is 3.65. The number of ether oxygens (including phenoxy) is 8. The molecule has 3 heterocycles. The van der Waals surface area contributed by atoms with Crippen molar-refractivity contribution in [1.82, 2.24) is 15.0 Å². The van der Waals surface area contributed by atoms with Crippen molar-refractivity contribution in [2.24, 2.45) is 5.10 Å². The second-order valence-corrected chi connectivity index (χ2v) is 14.5. The summed E-state index contributed by atoms with van der Waals surface area (Å²) in [6.45, 7) is 16.2. The number of carbonyl (C=O) groups is 2. The summed E-state index contributed by atoms with van der Waals surface area (Å²) in [4.78, 5) is 42.5. The molecule has 1 aliphatic heterocycles. The van der Waals surface area contributed by atoms with Crippen LogP contribution in [0.3, 0.4) is 0 Å². The molecule has 5 rings (SSSR count). The van der Waals surface area contributed by atoms with Gasteiger partial charge < -0.3 is 42.5 Å². The zero-order valence-electron chi connectivity index (χ0n) is 36.1. The Hall–Kier alpha value is -5.19. The molecule has 1 unspecified atom stereocenters. The highest BCUT2D eigenvalue weighted by molar-refractivity contribution is 5.99. The molecule has 1 N–H and O–H groups in total. The third-order valence-corrected chi connectivity index (χ3v) is 10.3. The van der Waals surface area contributed by atoms with Crippen molar-refractivity contribution >= 4 is 29.0 Å². The number of pyridine rings is 2. The van der Waals surface area contributed by atoms with Gasteiger partial charge in [0, 0.05) is 17.6 Å². The first-order chi connectivity index (χ1) is 29.8. The molecule has 0 bridgehead atoms. The average molecular weight is 845 g/mol. The van der Waals surface area contributed by atoms with Crippen LogP contribution in [0.15, 0.2) is 58.4 Å². The van der Waals surface area contributed by atoms with Crippen LogP contribution in [0.2, 0.25) is 0 Å². The molecule has 0 radical (unpaired) electrons. The summed E-state index contributed by atoms with van der Waals surface area (Å²) >= 11 is 0. The van der Waals surface area contributed by atoms with Crippen LogP contribution in [0, 0.1) is 0 Å². The molecule has 61 heavy (non-hydrogen) atoms. The zero-order valence-corrected chi connectivity index (χ0v) is 36.1. The first kappa shape index (κ1) is 46.9. The molecule has 330 valence electrons. The maximum absolute atomic E-state index is 13.7. The minimum Gasteiger partial charge on any atom is -0.491 e. The summed E-state index contributed by atoms with van der Waals surface area (Å²) in [7, 11) is 0. The molecule has 0 spiro atoms. The van der Waals surface area contributed by atoms with Crippen LogP contribution < -0.4 is 20.5 Å². The smallest absolute Gasteiger partial charge is 0.293 e. The maximum Gasteiger partial charge on any atom is 0.293 e. The summed E-state index contributed by atoms with van der Waals surface area (Å²) in [5.74, 6) is 0.891. The van der Waals surface area contributed by atoms with E-state index in [0.29, 0.717) is 108 Å². The number of hydrogen-bond acceptors (Lipinski definition) is 13. The van der Waals surface area contributed by atoms with Gasteiger partial charge in [0.2, 0.25) is 0 Å². The predicted molar refractivity (Wildman–Crippen MR) is 232 cm³/mol. The Morgan fingerprint density at radius 2 is 1.44 bits per heavy atom. The van der Waals surface area contributed by atoms with E-state index in [0.717, 1.165) is 64.0 Å². The van der Waals surface area contributed by atoms with E-state index in [1.54, 1.807) is 17.6 Å². The van der Waals surface area contributed by atoms with Crippen LogP contribution in [0.5, 0.6) is 11.5 Å². The predicted octanol–water partition coefficient (Wildman–Crippen LogP) is 5.97. The largest absolute Gasteiger partial charge is 0.491 e. The van der Waals surface area contributed by atoms with Crippen molar-refractivity contribution in [3.63, 3.8) is 0 Å². The van der Waals surface area contributed by atoms with Crippen LogP contribution >= 0.6 is 0 Å². The molecule has 0 fully saturated rings. The van der Waals surface area contributed by atoms with E-state index in [9.17, 15) is 14.4 Å². The molecule has 15 heteroatoms. The van der Waals surface area contributed by atoms with Crippen LogP contribution in [-0.4, -0.2) is 107 Å². The number of hydrazone groups is 1. The van der Waals surface area contributed by atoms with Gasteiger partial charge >= 0.3 is 0 Å². The van der Waals surface area contributed by atoms with Crippen molar-refractivity contribution in [2.75, 3.05) is 79.3 Å². The monoisotopic (exact) mass is 844 g/mol. The van der Waals surface area contributed by atoms with Gasteiger partial charge in [0.25, 0.3) is 17.9 Å². The Morgan fingerprint density at radius 3 is 2.05 bits per heavy atom. The number of hydrogen-bond donors (Lipinski definition) is 1. The van der Waals surface area contributed by atoms with Crippen molar-refractivity contribution in [1.29, 1.82) is 0 Å². The Balaban J connectivity index is 1.03. The van der Waals surface area contributed by atoms with Gasteiger partial charge in [0.1, 0.15) is 24.7 Å². The normalized spacial score (nSPS) is 12.6. The quantitative estimate of drug-likeness (QED) is 0.0260. The van der Waals surface area contributed by atoms with Gasteiger partial charge in [-0.15, -0.1) is 0 Å². The third-order valence-electron chi connectivity index (χ3n) is 10.3. The van der Waals surface area contributed by atoms with Gasteiger partial charge in [-0.3, -0.25) is 14.4 Å². The number of carbonyl (C=O) groups excluding carboxylic acids is 2. The molecule has 1 atom stereocenters. The molecular formula is C46H60N4O11. The van der Waals surface area contributed by atoms with Gasteiger partial charge in [-0.05, 0) is 97.3 Å². The molecule has 0 aliphatic carbocycles. The summed E-state index contributed by atoms with van der Waals surface area (Å²) in [5, 5.41) is 5.15. The summed E-state index contributed by atoms with van der Waals surface area (Å²) < 4.78 is 45.8. The van der Waals surface area contributed by atoms with Crippen molar-refractivity contribution in [3.8, 4) is 22.9 Å². The second kappa shape index (κ2) is 24.9. The minimum absolute atomic E-state index is 0.0713. The van der Waals surface area contributed by atoms with Crippen LogP contribution in [-0.2, 0) is 57.6 Å². The van der Waals surface area contributed by atoms with E-state index in [4.69, 9.17) is 42.9 Å². The standard InChI is InChI=1S/C46H60N4O11/c1-6-15-54-16-17-55-18-19-56-20-21-57-22-23-58-24-25-60-35-11-9-34(10-12-35)33(5)48-49-44(52)30-61-36-13-14-42-39(26-36)37(8-3)40-28-50-43(45(40)47-42)27-38(32(4)7-2)41(46(50)53)29-59-31-51/h9-14,26-27,31-32H,6-8,15-25,28-30H2,1-5H3,(H,49,52)/b48-33+. The number of amides is 1. The van der Waals surface area contributed by atoms with E-state index in [1.165, 1.54) is 0 Å². The Kier molecular flexibility index (Phi) is 19.1. The van der Waals surface area contributed by atoms with E-state index in [-0.39, 0.29) is 24.7 Å². The number of nitrogens with zero attached hydrogens (tertiary/aromatic N) is 3. The number of nitrogens with one attached hydrogen (secondary N) is 1. The van der Waals surface area contributed by atoms with E-state index in [2.05, 4.69) is 38.2 Å². The Bertz CT molecular complexity index is 2120. The first-order valence-electron chi connectivity index (χ1n) is 21.1. The number of aryl methyl sites for hydroxylation is 1. The van der Waals surface area contributed by atoms with Crippen LogP contribution in [0.4, 0.5) is 0 Å². The first-order valence-corrected chi connectivity index (χ1v) is 21.1. The number of aromatic nitrogens is 2. The van der Waals surface area contributed by atoms with Crippen LogP contribution in [0.25, 0.3) is 22.3 Å². The SMILES string of the molecule is CCCOCCOCCOCCOCCOCCOc1ccc(/C(C)=N/NC(=O)COc2ccc3nc4c(c(CC)c3c2)Cn2c-4cc(C(C)CC)c(COC=O)c2=O)cc1. The number of rotatable bonds is 29. The summed E-state index contributed by atoms with van der Waals surface area (Å²) in [6, 6.07) is 15.0. The Labute approximate surface area is 357 Å². The molecular weight excluding hydrogens is 785 g/mol.